The minimum atomic E-state index is -0.450. The molecule has 0 saturated carbocycles. The summed E-state index contributed by atoms with van der Waals surface area (Å²) in [6, 6.07) is 2.75. The van der Waals surface area contributed by atoms with E-state index in [9.17, 15) is 10.1 Å². The predicted octanol–water partition coefficient (Wildman–Crippen LogP) is 1.82. The van der Waals surface area contributed by atoms with Crippen LogP contribution in [0.15, 0.2) is 18.3 Å². The van der Waals surface area contributed by atoms with Gasteiger partial charge < -0.3 is 5.32 Å². The molecule has 0 aromatic carbocycles. The molecular weight excluding hydrogens is 194 g/mol. The summed E-state index contributed by atoms with van der Waals surface area (Å²) < 4.78 is 0. The van der Waals surface area contributed by atoms with Crippen LogP contribution in [0.25, 0.3) is 0 Å². The molecule has 1 N–H and O–H groups in total. The van der Waals surface area contributed by atoms with E-state index in [1.54, 1.807) is 0 Å². The van der Waals surface area contributed by atoms with Gasteiger partial charge in [-0.3, -0.25) is 10.1 Å². The molecule has 0 radical (unpaired) electrons. The lowest BCUT2D eigenvalue weighted by atomic mass is 10.3. The third kappa shape index (κ3) is 3.65. The number of nitrogens with one attached hydrogen (secondary N) is 1. The zero-order valence-electron chi connectivity index (χ0n) is 8.14. The van der Waals surface area contributed by atoms with Crippen molar-refractivity contribution in [3.8, 4) is 12.3 Å². The Bertz CT molecular complexity index is 384. The maximum absolute atomic E-state index is 10.5. The Morgan fingerprint density at radius 3 is 3.13 bits per heavy atom. The summed E-state index contributed by atoms with van der Waals surface area (Å²) >= 11 is 0. The molecule has 1 aromatic heterocycles. The van der Waals surface area contributed by atoms with Crippen molar-refractivity contribution in [1.29, 1.82) is 0 Å². The van der Waals surface area contributed by atoms with Gasteiger partial charge in [-0.1, -0.05) is 0 Å². The molecule has 1 aromatic rings. The van der Waals surface area contributed by atoms with Crippen molar-refractivity contribution < 1.29 is 4.92 Å². The van der Waals surface area contributed by atoms with Crippen molar-refractivity contribution in [3.05, 3.63) is 28.4 Å². The quantitative estimate of drug-likeness (QED) is 0.344. The van der Waals surface area contributed by atoms with Gasteiger partial charge in [-0.25, -0.2) is 4.98 Å². The molecule has 0 atom stereocenters. The number of terminal acetylenes is 1. The van der Waals surface area contributed by atoms with Gasteiger partial charge in [0.05, 0.1) is 11.0 Å². The van der Waals surface area contributed by atoms with Crippen LogP contribution in [0.3, 0.4) is 0 Å². The molecule has 78 valence electrons. The fourth-order valence-electron chi connectivity index (χ4n) is 1.04. The highest BCUT2D eigenvalue weighted by Gasteiger charge is 2.05. The second-order valence-electron chi connectivity index (χ2n) is 2.89. The van der Waals surface area contributed by atoms with E-state index in [4.69, 9.17) is 6.42 Å². The van der Waals surface area contributed by atoms with Gasteiger partial charge >= 0.3 is 0 Å². The summed E-state index contributed by atoms with van der Waals surface area (Å²) in [5.74, 6) is 3.02. The minimum absolute atomic E-state index is 0.0319. The normalized spacial score (nSPS) is 9.27. The Kier molecular flexibility index (Phi) is 4.10. The highest BCUT2D eigenvalue weighted by molar-refractivity contribution is 5.44. The number of nitrogens with zero attached hydrogens (tertiary/aromatic N) is 2. The lowest BCUT2D eigenvalue weighted by molar-refractivity contribution is -0.384. The Hall–Kier alpha value is -2.09. The third-order valence-electron chi connectivity index (χ3n) is 1.76. The molecule has 0 amide bonds. The monoisotopic (exact) mass is 205 g/mol. The number of nitro groups is 1. The van der Waals surface area contributed by atoms with Crippen LogP contribution in [0.2, 0.25) is 0 Å². The highest BCUT2D eigenvalue weighted by Crippen LogP contribution is 2.13. The van der Waals surface area contributed by atoms with Gasteiger partial charge in [0.25, 0.3) is 5.69 Å². The lowest BCUT2D eigenvalue weighted by Crippen LogP contribution is -2.03. The molecule has 5 heteroatoms. The Morgan fingerprint density at radius 2 is 2.47 bits per heavy atom. The van der Waals surface area contributed by atoms with E-state index >= 15 is 0 Å². The van der Waals surface area contributed by atoms with E-state index < -0.39 is 4.92 Å². The van der Waals surface area contributed by atoms with Crippen molar-refractivity contribution in [2.24, 2.45) is 0 Å². The van der Waals surface area contributed by atoms with Gasteiger partial charge in [-0.15, -0.1) is 12.3 Å². The zero-order valence-corrected chi connectivity index (χ0v) is 8.14. The van der Waals surface area contributed by atoms with Gasteiger partial charge in [0.1, 0.15) is 5.82 Å². The first-order chi connectivity index (χ1) is 7.24. The average molecular weight is 205 g/mol. The summed E-state index contributed by atoms with van der Waals surface area (Å²) in [4.78, 5) is 14.0. The molecule has 0 aliphatic heterocycles. The molecule has 5 nitrogen and oxygen atoms in total. The standard InChI is InChI=1S/C10H11N3O2/c1-2-3-4-6-11-10-8-9(13(14)15)5-7-12-10/h1,5,7-8H,3-4,6H2,(H,11,12). The first-order valence-electron chi connectivity index (χ1n) is 4.52. The second-order valence-corrected chi connectivity index (χ2v) is 2.89. The van der Waals surface area contributed by atoms with E-state index in [-0.39, 0.29) is 5.69 Å². The van der Waals surface area contributed by atoms with E-state index in [2.05, 4.69) is 16.2 Å². The summed E-state index contributed by atoms with van der Waals surface area (Å²) in [7, 11) is 0. The average Bonchev–Trinajstić information content (AvgIpc) is 2.25. The Balaban J connectivity index is 2.51. The SMILES string of the molecule is C#CCCCNc1cc([N+](=O)[O-])ccn1. The van der Waals surface area contributed by atoms with Crippen molar-refractivity contribution in [3.63, 3.8) is 0 Å². The van der Waals surface area contributed by atoms with Gasteiger partial charge in [0.2, 0.25) is 0 Å². The van der Waals surface area contributed by atoms with Crippen molar-refractivity contribution in [2.45, 2.75) is 12.8 Å². The fourth-order valence-corrected chi connectivity index (χ4v) is 1.04. The lowest BCUT2D eigenvalue weighted by Gasteiger charge is -2.02. The van der Waals surface area contributed by atoms with Crippen LogP contribution in [0.5, 0.6) is 0 Å². The molecule has 1 heterocycles. The molecule has 1 rings (SSSR count). The van der Waals surface area contributed by atoms with E-state index in [1.807, 2.05) is 0 Å². The van der Waals surface area contributed by atoms with Crippen LogP contribution < -0.4 is 5.32 Å². The smallest absolute Gasteiger partial charge is 0.274 e. The van der Waals surface area contributed by atoms with Gasteiger partial charge in [0, 0.05) is 25.2 Å². The summed E-state index contributed by atoms with van der Waals surface area (Å²) in [6.07, 6.45) is 8.00. The number of aromatic nitrogens is 1. The van der Waals surface area contributed by atoms with Crippen molar-refractivity contribution >= 4 is 11.5 Å². The molecule has 0 fully saturated rings. The van der Waals surface area contributed by atoms with Gasteiger partial charge in [0.15, 0.2) is 0 Å². The van der Waals surface area contributed by atoms with Crippen LogP contribution in [-0.2, 0) is 0 Å². The maximum atomic E-state index is 10.5. The number of hydrogen-bond donors (Lipinski definition) is 1. The van der Waals surface area contributed by atoms with Crippen LogP contribution in [0.1, 0.15) is 12.8 Å². The molecule has 0 aliphatic rings. The van der Waals surface area contributed by atoms with Crippen LogP contribution >= 0.6 is 0 Å². The van der Waals surface area contributed by atoms with E-state index in [0.717, 1.165) is 6.42 Å². The third-order valence-corrected chi connectivity index (χ3v) is 1.76. The summed E-state index contributed by atoms with van der Waals surface area (Å²) in [5, 5.41) is 13.4. The molecule has 0 spiro atoms. The van der Waals surface area contributed by atoms with Crippen LogP contribution in [0, 0.1) is 22.5 Å². The number of pyridine rings is 1. The minimum Gasteiger partial charge on any atom is -0.370 e. The number of rotatable bonds is 5. The first-order valence-corrected chi connectivity index (χ1v) is 4.52. The molecule has 0 saturated heterocycles. The molecular formula is C10H11N3O2. The highest BCUT2D eigenvalue weighted by atomic mass is 16.6. The Labute approximate surface area is 87.7 Å². The van der Waals surface area contributed by atoms with Crippen LogP contribution in [-0.4, -0.2) is 16.5 Å². The van der Waals surface area contributed by atoms with Gasteiger partial charge in [-0.2, -0.15) is 0 Å². The molecule has 15 heavy (non-hydrogen) atoms. The van der Waals surface area contributed by atoms with Crippen molar-refractivity contribution in [1.82, 2.24) is 4.98 Å². The first kappa shape index (κ1) is 11.0. The van der Waals surface area contributed by atoms with Crippen LogP contribution in [0.4, 0.5) is 11.5 Å². The van der Waals surface area contributed by atoms with Crippen molar-refractivity contribution in [2.75, 3.05) is 11.9 Å². The predicted molar refractivity (Wildman–Crippen MR) is 57.4 cm³/mol. The van der Waals surface area contributed by atoms with Gasteiger partial charge in [-0.05, 0) is 6.42 Å². The summed E-state index contributed by atoms with van der Waals surface area (Å²) in [5.41, 5.74) is 0.0319. The van der Waals surface area contributed by atoms with E-state index in [1.165, 1.54) is 18.3 Å². The fraction of sp³-hybridized carbons (Fsp3) is 0.300. The number of unbranched alkanes of at least 4 members (excludes halogenated alkanes) is 1. The summed E-state index contributed by atoms with van der Waals surface area (Å²) in [6.45, 7) is 0.665. The zero-order chi connectivity index (χ0) is 11.1. The van der Waals surface area contributed by atoms with E-state index in [0.29, 0.717) is 18.8 Å². The largest absolute Gasteiger partial charge is 0.370 e. The molecule has 0 aliphatic carbocycles. The topological polar surface area (TPSA) is 68.1 Å². The second kappa shape index (κ2) is 5.60. The number of hydrogen-bond acceptors (Lipinski definition) is 4. The number of anilines is 1. The molecule has 0 bridgehead atoms. The maximum Gasteiger partial charge on any atom is 0.274 e. The molecule has 0 unspecified atom stereocenters. The Morgan fingerprint density at radius 1 is 1.67 bits per heavy atom.